The van der Waals surface area contributed by atoms with Crippen LogP contribution in [0.3, 0.4) is 0 Å². The SMILES string of the molecule is CC1CC(Nc2ccc(N)c(OCC3CC3)n2)CCN1C. The second-order valence-corrected chi connectivity index (χ2v) is 6.54. The zero-order valence-electron chi connectivity index (χ0n) is 13.0. The molecule has 116 valence electrons. The topological polar surface area (TPSA) is 63.4 Å². The highest BCUT2D eigenvalue weighted by molar-refractivity contribution is 5.53. The number of hydrogen-bond donors (Lipinski definition) is 2. The van der Waals surface area contributed by atoms with Crippen LogP contribution in [0.15, 0.2) is 12.1 Å². The summed E-state index contributed by atoms with van der Waals surface area (Å²) < 4.78 is 5.74. The van der Waals surface area contributed by atoms with E-state index in [4.69, 9.17) is 10.5 Å². The van der Waals surface area contributed by atoms with Crippen LogP contribution < -0.4 is 15.8 Å². The van der Waals surface area contributed by atoms with Crippen molar-refractivity contribution >= 4 is 11.5 Å². The summed E-state index contributed by atoms with van der Waals surface area (Å²) in [7, 11) is 2.19. The highest BCUT2D eigenvalue weighted by Crippen LogP contribution is 2.31. The molecular weight excluding hydrogens is 264 g/mol. The van der Waals surface area contributed by atoms with Crippen LogP contribution in [0.2, 0.25) is 0 Å². The fourth-order valence-corrected chi connectivity index (χ4v) is 2.76. The van der Waals surface area contributed by atoms with Gasteiger partial charge >= 0.3 is 0 Å². The quantitative estimate of drug-likeness (QED) is 0.871. The Kier molecular flexibility index (Phi) is 4.19. The minimum Gasteiger partial charge on any atom is -0.476 e. The molecule has 0 aromatic carbocycles. The van der Waals surface area contributed by atoms with Crippen molar-refractivity contribution in [2.45, 2.75) is 44.7 Å². The van der Waals surface area contributed by atoms with Crippen molar-refractivity contribution in [2.24, 2.45) is 5.92 Å². The molecule has 0 amide bonds. The number of nitrogen functional groups attached to an aromatic ring is 1. The normalized spacial score (nSPS) is 26.6. The minimum atomic E-state index is 0.476. The van der Waals surface area contributed by atoms with E-state index in [2.05, 4.69) is 29.2 Å². The standard InChI is InChI=1S/C16H26N4O/c1-11-9-13(7-8-20(11)2)18-15-6-5-14(17)16(19-15)21-10-12-3-4-12/h5-6,11-13H,3-4,7-10,17H2,1-2H3,(H,18,19). The average Bonchev–Trinajstić information content (AvgIpc) is 3.28. The van der Waals surface area contributed by atoms with Crippen molar-refractivity contribution in [2.75, 3.05) is 31.2 Å². The van der Waals surface area contributed by atoms with Crippen LogP contribution in [0.5, 0.6) is 5.88 Å². The molecule has 3 rings (SSSR count). The van der Waals surface area contributed by atoms with Gasteiger partial charge < -0.3 is 20.7 Å². The molecular formula is C16H26N4O. The number of anilines is 2. The van der Waals surface area contributed by atoms with Gasteiger partial charge in [-0.3, -0.25) is 0 Å². The molecule has 1 saturated carbocycles. The first-order chi connectivity index (χ1) is 10.1. The zero-order valence-corrected chi connectivity index (χ0v) is 13.0. The summed E-state index contributed by atoms with van der Waals surface area (Å²) in [5, 5.41) is 3.53. The highest BCUT2D eigenvalue weighted by Gasteiger charge is 2.24. The minimum absolute atomic E-state index is 0.476. The molecule has 1 saturated heterocycles. The molecule has 0 radical (unpaired) electrons. The summed E-state index contributed by atoms with van der Waals surface area (Å²) in [6.07, 6.45) is 4.82. The van der Waals surface area contributed by atoms with Crippen LogP contribution in [0.4, 0.5) is 11.5 Å². The highest BCUT2D eigenvalue weighted by atomic mass is 16.5. The Balaban J connectivity index is 1.60. The molecule has 1 aliphatic heterocycles. The van der Waals surface area contributed by atoms with Crippen molar-refractivity contribution in [1.29, 1.82) is 0 Å². The number of ether oxygens (including phenoxy) is 1. The van der Waals surface area contributed by atoms with Crippen molar-refractivity contribution in [1.82, 2.24) is 9.88 Å². The molecule has 2 fully saturated rings. The number of nitrogens with one attached hydrogen (secondary N) is 1. The number of likely N-dealkylation sites (tertiary alicyclic amines) is 1. The average molecular weight is 290 g/mol. The second kappa shape index (κ2) is 6.10. The zero-order chi connectivity index (χ0) is 14.8. The Labute approximate surface area is 126 Å². The Morgan fingerprint density at radius 1 is 1.38 bits per heavy atom. The number of nitrogens with zero attached hydrogens (tertiary/aromatic N) is 2. The van der Waals surface area contributed by atoms with Crippen molar-refractivity contribution in [3.05, 3.63) is 12.1 Å². The number of piperidine rings is 1. The first-order valence-electron chi connectivity index (χ1n) is 7.98. The second-order valence-electron chi connectivity index (χ2n) is 6.54. The van der Waals surface area contributed by atoms with E-state index in [0.717, 1.165) is 31.8 Å². The van der Waals surface area contributed by atoms with Gasteiger partial charge in [-0.15, -0.1) is 0 Å². The molecule has 0 spiro atoms. The fraction of sp³-hybridized carbons (Fsp3) is 0.688. The van der Waals surface area contributed by atoms with Crippen LogP contribution in [0.1, 0.15) is 32.6 Å². The number of nitrogens with two attached hydrogens (primary N) is 1. The Bertz CT molecular complexity index is 489. The predicted molar refractivity (Wildman–Crippen MR) is 85.6 cm³/mol. The van der Waals surface area contributed by atoms with E-state index in [1.165, 1.54) is 12.8 Å². The third-order valence-electron chi connectivity index (χ3n) is 4.60. The van der Waals surface area contributed by atoms with Gasteiger partial charge in [-0.05, 0) is 57.7 Å². The lowest BCUT2D eigenvalue weighted by Crippen LogP contribution is -2.42. The summed E-state index contributed by atoms with van der Waals surface area (Å²) in [4.78, 5) is 6.94. The van der Waals surface area contributed by atoms with Crippen LogP contribution in [-0.4, -0.2) is 42.2 Å². The van der Waals surface area contributed by atoms with Crippen molar-refractivity contribution in [3.8, 4) is 5.88 Å². The van der Waals surface area contributed by atoms with E-state index in [1.807, 2.05) is 12.1 Å². The summed E-state index contributed by atoms with van der Waals surface area (Å²) in [5.74, 6) is 2.15. The Hall–Kier alpha value is -1.49. The monoisotopic (exact) mass is 290 g/mol. The van der Waals surface area contributed by atoms with Gasteiger partial charge in [-0.1, -0.05) is 0 Å². The maximum Gasteiger partial charge on any atom is 0.239 e. The molecule has 0 bridgehead atoms. The van der Waals surface area contributed by atoms with E-state index in [0.29, 0.717) is 29.6 Å². The maximum atomic E-state index is 5.95. The van der Waals surface area contributed by atoms with Crippen molar-refractivity contribution in [3.63, 3.8) is 0 Å². The number of pyridine rings is 1. The molecule has 1 aromatic heterocycles. The van der Waals surface area contributed by atoms with Gasteiger partial charge in [-0.25, -0.2) is 0 Å². The molecule has 2 atom stereocenters. The van der Waals surface area contributed by atoms with Crippen LogP contribution in [-0.2, 0) is 0 Å². The van der Waals surface area contributed by atoms with Crippen LogP contribution in [0.25, 0.3) is 0 Å². The van der Waals surface area contributed by atoms with E-state index < -0.39 is 0 Å². The Morgan fingerprint density at radius 2 is 2.19 bits per heavy atom. The van der Waals surface area contributed by atoms with Crippen molar-refractivity contribution < 1.29 is 4.74 Å². The Morgan fingerprint density at radius 3 is 2.90 bits per heavy atom. The van der Waals surface area contributed by atoms with Gasteiger partial charge in [0.05, 0.1) is 12.3 Å². The summed E-state index contributed by atoms with van der Waals surface area (Å²) in [6.45, 7) is 4.14. The van der Waals surface area contributed by atoms with Crippen LogP contribution in [0, 0.1) is 5.92 Å². The maximum absolute atomic E-state index is 5.95. The number of hydrogen-bond acceptors (Lipinski definition) is 5. The molecule has 2 unspecified atom stereocenters. The van der Waals surface area contributed by atoms with Gasteiger partial charge in [0.1, 0.15) is 5.82 Å². The van der Waals surface area contributed by atoms with E-state index in [1.54, 1.807) is 0 Å². The van der Waals surface area contributed by atoms with E-state index in [9.17, 15) is 0 Å². The molecule has 21 heavy (non-hydrogen) atoms. The lowest BCUT2D eigenvalue weighted by molar-refractivity contribution is 0.190. The third-order valence-corrected chi connectivity index (χ3v) is 4.60. The van der Waals surface area contributed by atoms with Gasteiger partial charge in [-0.2, -0.15) is 4.98 Å². The smallest absolute Gasteiger partial charge is 0.239 e. The first-order valence-corrected chi connectivity index (χ1v) is 7.98. The lowest BCUT2D eigenvalue weighted by Gasteiger charge is -2.35. The van der Waals surface area contributed by atoms with Gasteiger partial charge in [0, 0.05) is 18.6 Å². The third kappa shape index (κ3) is 3.79. The molecule has 1 aromatic rings. The summed E-state index contributed by atoms with van der Waals surface area (Å²) >= 11 is 0. The summed E-state index contributed by atoms with van der Waals surface area (Å²) in [6, 6.07) is 4.91. The molecule has 2 heterocycles. The molecule has 2 aliphatic rings. The van der Waals surface area contributed by atoms with E-state index >= 15 is 0 Å². The van der Waals surface area contributed by atoms with Gasteiger partial charge in [0.25, 0.3) is 0 Å². The lowest BCUT2D eigenvalue weighted by atomic mass is 9.99. The molecule has 3 N–H and O–H groups in total. The first kappa shape index (κ1) is 14.4. The predicted octanol–water partition coefficient (Wildman–Crippen LogP) is 2.35. The van der Waals surface area contributed by atoms with E-state index in [-0.39, 0.29) is 0 Å². The fourth-order valence-electron chi connectivity index (χ4n) is 2.76. The number of rotatable bonds is 5. The largest absolute Gasteiger partial charge is 0.476 e. The molecule has 1 aliphatic carbocycles. The van der Waals surface area contributed by atoms with Gasteiger partial charge in [0.2, 0.25) is 5.88 Å². The van der Waals surface area contributed by atoms with Crippen LogP contribution >= 0.6 is 0 Å². The molecule has 5 nitrogen and oxygen atoms in total. The van der Waals surface area contributed by atoms with Gasteiger partial charge in [0.15, 0.2) is 0 Å². The summed E-state index contributed by atoms with van der Waals surface area (Å²) in [5.41, 5.74) is 6.57. The number of aromatic nitrogens is 1. The molecule has 5 heteroatoms.